The van der Waals surface area contributed by atoms with Crippen LogP contribution in [-0.2, 0) is 0 Å². The summed E-state index contributed by atoms with van der Waals surface area (Å²) in [6.07, 6.45) is 0. The van der Waals surface area contributed by atoms with E-state index in [9.17, 15) is 0 Å². The Labute approximate surface area is 49.5 Å². The van der Waals surface area contributed by atoms with Crippen molar-refractivity contribution in [1.82, 2.24) is 4.90 Å². The Balaban J connectivity index is 2.92. The van der Waals surface area contributed by atoms with Crippen LogP contribution in [0.4, 0.5) is 0 Å². The molecular weight excluding hydrogens is 106 g/mol. The average molecular weight is 118 g/mol. The predicted octanol–water partition coefficient (Wildman–Crippen LogP) is -0.935. The summed E-state index contributed by atoms with van der Waals surface area (Å²) >= 11 is 0. The topological polar surface area (TPSA) is 43.7 Å². The van der Waals surface area contributed by atoms with E-state index in [4.69, 9.17) is 10.2 Å². The summed E-state index contributed by atoms with van der Waals surface area (Å²) in [5.41, 5.74) is 0. The molecule has 0 atom stereocenters. The number of rotatable bonds is 4. The lowest BCUT2D eigenvalue weighted by molar-refractivity contribution is 0.216. The molecule has 0 spiro atoms. The fourth-order valence-electron chi connectivity index (χ4n) is 0.388. The smallest absolute Gasteiger partial charge is 0.0602 e. The van der Waals surface area contributed by atoms with Crippen LogP contribution in [0.5, 0.6) is 0 Å². The second-order valence-electron chi connectivity index (χ2n) is 1.57. The number of likely N-dealkylation sites (N-methyl/N-ethyl adjacent to an activating group) is 1. The molecule has 1 radical (unpaired) electrons. The summed E-state index contributed by atoms with van der Waals surface area (Å²) < 4.78 is 0. The minimum atomic E-state index is 0.0382. The molecular formula is C5H12NO2. The van der Waals surface area contributed by atoms with E-state index in [1.165, 1.54) is 0 Å². The zero-order valence-corrected chi connectivity index (χ0v) is 5.04. The van der Waals surface area contributed by atoms with Gasteiger partial charge in [0.05, 0.1) is 19.8 Å². The molecule has 49 valence electrons. The van der Waals surface area contributed by atoms with Crippen LogP contribution >= 0.6 is 0 Å². The van der Waals surface area contributed by atoms with E-state index in [0.29, 0.717) is 6.54 Å². The molecule has 0 aromatic rings. The van der Waals surface area contributed by atoms with Gasteiger partial charge >= 0.3 is 0 Å². The van der Waals surface area contributed by atoms with Gasteiger partial charge in [-0.05, 0) is 7.05 Å². The summed E-state index contributed by atoms with van der Waals surface area (Å²) in [5.74, 6) is 0. The average Bonchev–Trinajstić information content (AvgIpc) is 1.68. The Kier molecular flexibility index (Phi) is 4.95. The second kappa shape index (κ2) is 5.03. The maximum atomic E-state index is 8.32. The van der Waals surface area contributed by atoms with E-state index in [1.807, 2.05) is 0 Å². The number of aliphatic hydroxyl groups is 2. The van der Waals surface area contributed by atoms with Crippen LogP contribution < -0.4 is 0 Å². The Bertz CT molecular complexity index is 43.7. The molecule has 3 nitrogen and oxygen atoms in total. The van der Waals surface area contributed by atoms with E-state index < -0.39 is 0 Å². The third kappa shape index (κ3) is 4.05. The summed E-state index contributed by atoms with van der Waals surface area (Å²) in [5, 5.41) is 16.6. The van der Waals surface area contributed by atoms with Crippen molar-refractivity contribution in [3.8, 4) is 0 Å². The highest BCUT2D eigenvalue weighted by Gasteiger charge is 1.92. The monoisotopic (exact) mass is 118 g/mol. The molecule has 0 saturated heterocycles. The van der Waals surface area contributed by atoms with Gasteiger partial charge in [0.2, 0.25) is 0 Å². The van der Waals surface area contributed by atoms with E-state index in [2.05, 4.69) is 0 Å². The molecule has 0 saturated carbocycles. The highest BCUT2D eigenvalue weighted by atomic mass is 16.3. The molecule has 0 aromatic heterocycles. The van der Waals surface area contributed by atoms with Crippen molar-refractivity contribution in [1.29, 1.82) is 0 Å². The third-order valence-corrected chi connectivity index (χ3v) is 0.846. The van der Waals surface area contributed by atoms with Gasteiger partial charge in [-0.1, -0.05) is 0 Å². The fraction of sp³-hybridized carbons (Fsp3) is 0.800. The van der Waals surface area contributed by atoms with Crippen molar-refractivity contribution in [2.75, 3.05) is 26.8 Å². The largest absolute Gasteiger partial charge is 0.395 e. The van der Waals surface area contributed by atoms with Crippen LogP contribution in [0.1, 0.15) is 0 Å². The van der Waals surface area contributed by atoms with Gasteiger partial charge in [-0.2, -0.15) is 0 Å². The lowest BCUT2D eigenvalue weighted by Crippen LogP contribution is -2.20. The van der Waals surface area contributed by atoms with Crippen LogP contribution in [0.2, 0.25) is 0 Å². The van der Waals surface area contributed by atoms with E-state index in [-0.39, 0.29) is 13.2 Å². The van der Waals surface area contributed by atoms with Crippen LogP contribution in [0, 0.1) is 6.54 Å². The van der Waals surface area contributed by atoms with Gasteiger partial charge in [0.25, 0.3) is 0 Å². The second-order valence-corrected chi connectivity index (χ2v) is 1.57. The van der Waals surface area contributed by atoms with Gasteiger partial charge in [-0.25, -0.2) is 0 Å². The Morgan fingerprint density at radius 2 is 2.12 bits per heavy atom. The van der Waals surface area contributed by atoms with Gasteiger partial charge in [0.15, 0.2) is 0 Å². The van der Waals surface area contributed by atoms with Gasteiger partial charge in [-0.3, -0.25) is 4.90 Å². The van der Waals surface area contributed by atoms with E-state index in [0.717, 1.165) is 0 Å². The van der Waals surface area contributed by atoms with Crippen LogP contribution in [0.3, 0.4) is 0 Å². The third-order valence-electron chi connectivity index (χ3n) is 0.846. The number of aliphatic hydroxyl groups excluding tert-OH is 2. The van der Waals surface area contributed by atoms with Crippen molar-refractivity contribution in [3.63, 3.8) is 0 Å². The maximum Gasteiger partial charge on any atom is 0.0602 e. The Morgan fingerprint density at radius 3 is 2.50 bits per heavy atom. The molecule has 0 amide bonds. The lowest BCUT2D eigenvalue weighted by atomic mass is 10.5. The molecule has 0 aromatic carbocycles. The lowest BCUT2D eigenvalue weighted by Gasteiger charge is -2.10. The highest BCUT2D eigenvalue weighted by molar-refractivity contribution is 4.60. The fourth-order valence-corrected chi connectivity index (χ4v) is 0.388. The number of hydrogen-bond acceptors (Lipinski definition) is 3. The molecule has 0 aliphatic carbocycles. The minimum Gasteiger partial charge on any atom is -0.395 e. The van der Waals surface area contributed by atoms with Crippen molar-refractivity contribution in [2.45, 2.75) is 0 Å². The molecule has 0 aliphatic rings. The standard InChI is InChI=1S/C5H12NO2/c1-6(2-4-7)3-5-8/h2,7-8H,3-5H2,1H3. The molecule has 0 heterocycles. The van der Waals surface area contributed by atoms with Crippen molar-refractivity contribution < 1.29 is 10.2 Å². The number of hydrogen-bond donors (Lipinski definition) is 2. The summed E-state index contributed by atoms with van der Waals surface area (Å²) in [6, 6.07) is 0. The van der Waals surface area contributed by atoms with Gasteiger partial charge in [-0.15, -0.1) is 0 Å². The maximum absolute atomic E-state index is 8.32. The van der Waals surface area contributed by atoms with E-state index >= 15 is 0 Å². The van der Waals surface area contributed by atoms with Crippen LogP contribution in [-0.4, -0.2) is 41.9 Å². The zero-order valence-electron chi connectivity index (χ0n) is 5.04. The molecule has 3 heteroatoms. The molecule has 0 fully saturated rings. The highest BCUT2D eigenvalue weighted by Crippen LogP contribution is 1.82. The van der Waals surface area contributed by atoms with Crippen molar-refractivity contribution in [3.05, 3.63) is 6.54 Å². The quantitative estimate of drug-likeness (QED) is 0.501. The van der Waals surface area contributed by atoms with Crippen molar-refractivity contribution >= 4 is 0 Å². The molecule has 0 bridgehead atoms. The zero-order chi connectivity index (χ0) is 6.41. The number of nitrogens with zero attached hydrogens (tertiary/aromatic N) is 1. The Morgan fingerprint density at radius 1 is 1.50 bits per heavy atom. The SMILES string of the molecule is CN([CH]CO)CCO. The van der Waals surface area contributed by atoms with Crippen LogP contribution in [0.15, 0.2) is 0 Å². The molecule has 0 unspecified atom stereocenters. The minimum absolute atomic E-state index is 0.0382. The predicted molar refractivity (Wildman–Crippen MR) is 31.1 cm³/mol. The normalized spacial score (nSPS) is 10.5. The van der Waals surface area contributed by atoms with E-state index in [1.54, 1.807) is 18.5 Å². The first-order valence-electron chi connectivity index (χ1n) is 2.56. The van der Waals surface area contributed by atoms with Crippen molar-refractivity contribution in [2.24, 2.45) is 0 Å². The summed E-state index contributed by atoms with van der Waals surface area (Å²) in [6.45, 7) is 2.36. The summed E-state index contributed by atoms with van der Waals surface area (Å²) in [7, 11) is 1.80. The first-order valence-corrected chi connectivity index (χ1v) is 2.56. The van der Waals surface area contributed by atoms with Crippen LogP contribution in [0.25, 0.3) is 0 Å². The van der Waals surface area contributed by atoms with Gasteiger partial charge in [0, 0.05) is 6.54 Å². The molecule has 0 aliphatic heterocycles. The first-order chi connectivity index (χ1) is 3.81. The summed E-state index contributed by atoms with van der Waals surface area (Å²) in [4.78, 5) is 1.74. The Hall–Kier alpha value is -0.120. The molecule has 2 N–H and O–H groups in total. The molecule has 0 rings (SSSR count). The first kappa shape index (κ1) is 7.88. The van der Waals surface area contributed by atoms with Gasteiger partial charge in [0.1, 0.15) is 0 Å². The van der Waals surface area contributed by atoms with Gasteiger partial charge < -0.3 is 10.2 Å². The molecule has 8 heavy (non-hydrogen) atoms.